The third kappa shape index (κ3) is 3.66. The summed E-state index contributed by atoms with van der Waals surface area (Å²) in [6.07, 6.45) is 0.762. The molecule has 0 aliphatic heterocycles. The summed E-state index contributed by atoms with van der Waals surface area (Å²) in [6, 6.07) is 2.89. The molecule has 2 heterocycles. The van der Waals surface area contributed by atoms with Gasteiger partial charge in [-0.25, -0.2) is 13.8 Å². The zero-order chi connectivity index (χ0) is 14.5. The molecular weight excluding hydrogens is 280 g/mol. The fourth-order valence-corrected chi connectivity index (χ4v) is 2.59. The molecule has 1 unspecified atom stereocenters. The lowest BCUT2D eigenvalue weighted by molar-refractivity contribution is 0.575. The lowest BCUT2D eigenvalue weighted by Gasteiger charge is -2.15. The van der Waals surface area contributed by atoms with Crippen molar-refractivity contribution in [3.8, 4) is 0 Å². The van der Waals surface area contributed by atoms with E-state index in [4.69, 9.17) is 0 Å². The van der Waals surface area contributed by atoms with Gasteiger partial charge in [0.15, 0.2) is 23.3 Å². The second-order valence-electron chi connectivity index (χ2n) is 4.56. The Morgan fingerprint density at radius 3 is 2.70 bits per heavy atom. The number of hydrogen-bond acceptors (Lipinski definition) is 4. The van der Waals surface area contributed by atoms with Gasteiger partial charge in [-0.3, -0.25) is 0 Å². The SMILES string of the molecule is CCNc1nc(NC(C)Cc2ccsc2)c(F)cc1F. The Morgan fingerprint density at radius 2 is 2.05 bits per heavy atom. The number of nitrogens with one attached hydrogen (secondary N) is 2. The molecule has 0 spiro atoms. The van der Waals surface area contributed by atoms with Gasteiger partial charge in [0.25, 0.3) is 0 Å². The largest absolute Gasteiger partial charge is 0.368 e. The van der Waals surface area contributed by atoms with Crippen LogP contribution in [0, 0.1) is 11.6 Å². The van der Waals surface area contributed by atoms with Gasteiger partial charge in [-0.1, -0.05) is 0 Å². The highest BCUT2D eigenvalue weighted by Gasteiger charge is 2.13. The molecular formula is C14H17F2N3S. The summed E-state index contributed by atoms with van der Waals surface area (Å²) in [5.74, 6) is -1.22. The molecule has 3 nitrogen and oxygen atoms in total. The van der Waals surface area contributed by atoms with E-state index in [2.05, 4.69) is 21.0 Å². The molecule has 2 rings (SSSR count). The molecule has 0 saturated heterocycles. The van der Waals surface area contributed by atoms with Crippen molar-refractivity contribution in [3.63, 3.8) is 0 Å². The average Bonchev–Trinajstić information content (AvgIpc) is 2.88. The van der Waals surface area contributed by atoms with Gasteiger partial charge in [-0.05, 0) is 42.7 Å². The van der Waals surface area contributed by atoms with E-state index in [0.29, 0.717) is 6.54 Å². The van der Waals surface area contributed by atoms with Gasteiger partial charge in [-0.2, -0.15) is 11.3 Å². The van der Waals surface area contributed by atoms with Crippen LogP contribution in [0.2, 0.25) is 0 Å². The summed E-state index contributed by atoms with van der Waals surface area (Å²) in [5.41, 5.74) is 1.18. The quantitative estimate of drug-likeness (QED) is 0.849. The number of thiophene rings is 1. The molecule has 0 bridgehead atoms. The van der Waals surface area contributed by atoms with Gasteiger partial charge in [0.2, 0.25) is 0 Å². The average molecular weight is 297 g/mol. The van der Waals surface area contributed by atoms with Gasteiger partial charge in [0.1, 0.15) is 0 Å². The molecule has 0 saturated carbocycles. The van der Waals surface area contributed by atoms with Crippen molar-refractivity contribution >= 4 is 23.0 Å². The molecule has 0 radical (unpaired) electrons. The topological polar surface area (TPSA) is 37.0 Å². The highest BCUT2D eigenvalue weighted by atomic mass is 32.1. The van der Waals surface area contributed by atoms with E-state index in [1.807, 2.05) is 25.3 Å². The standard InChI is InChI=1S/C14H17F2N3S/c1-3-17-13-11(15)7-12(16)14(19-13)18-9(2)6-10-4-5-20-8-10/h4-5,7-9H,3,6H2,1-2H3,(H2,17,18,19). The highest BCUT2D eigenvalue weighted by Crippen LogP contribution is 2.20. The summed E-state index contributed by atoms with van der Waals surface area (Å²) < 4.78 is 27.2. The summed E-state index contributed by atoms with van der Waals surface area (Å²) in [5, 5.41) is 9.81. The maximum Gasteiger partial charge on any atom is 0.168 e. The van der Waals surface area contributed by atoms with Crippen LogP contribution in [-0.2, 0) is 6.42 Å². The molecule has 2 aromatic heterocycles. The van der Waals surface area contributed by atoms with Gasteiger partial charge >= 0.3 is 0 Å². The first kappa shape index (κ1) is 14.7. The van der Waals surface area contributed by atoms with Crippen molar-refractivity contribution in [3.05, 3.63) is 40.1 Å². The monoisotopic (exact) mass is 297 g/mol. The van der Waals surface area contributed by atoms with E-state index in [-0.39, 0.29) is 17.7 Å². The Bertz CT molecular complexity index is 558. The van der Waals surface area contributed by atoms with E-state index in [0.717, 1.165) is 12.5 Å². The Kier molecular flexibility index (Phi) is 4.89. The minimum absolute atomic E-state index is 0.00605. The lowest BCUT2D eigenvalue weighted by atomic mass is 10.1. The van der Waals surface area contributed by atoms with Crippen LogP contribution < -0.4 is 10.6 Å². The summed E-state index contributed by atoms with van der Waals surface area (Å²) in [7, 11) is 0. The number of hydrogen-bond donors (Lipinski definition) is 2. The Labute approximate surface area is 121 Å². The van der Waals surface area contributed by atoms with Crippen molar-refractivity contribution in [2.45, 2.75) is 26.3 Å². The first-order valence-corrected chi connectivity index (χ1v) is 7.42. The van der Waals surface area contributed by atoms with Crippen LogP contribution in [0.25, 0.3) is 0 Å². The van der Waals surface area contributed by atoms with Gasteiger partial charge in [0.05, 0.1) is 0 Å². The first-order valence-electron chi connectivity index (χ1n) is 6.47. The zero-order valence-corrected chi connectivity index (χ0v) is 12.2. The van der Waals surface area contributed by atoms with Crippen LogP contribution in [0.3, 0.4) is 0 Å². The van der Waals surface area contributed by atoms with Gasteiger partial charge in [-0.15, -0.1) is 0 Å². The van der Waals surface area contributed by atoms with E-state index < -0.39 is 11.6 Å². The normalized spacial score (nSPS) is 12.2. The van der Waals surface area contributed by atoms with Crippen LogP contribution in [0.1, 0.15) is 19.4 Å². The number of halogens is 2. The van der Waals surface area contributed by atoms with Crippen molar-refractivity contribution < 1.29 is 8.78 Å². The van der Waals surface area contributed by atoms with Gasteiger partial charge < -0.3 is 10.6 Å². The molecule has 1 atom stereocenters. The molecule has 2 aromatic rings. The summed E-state index contributed by atoms with van der Waals surface area (Å²) in [4.78, 5) is 3.96. The zero-order valence-electron chi connectivity index (χ0n) is 11.4. The van der Waals surface area contributed by atoms with E-state index in [9.17, 15) is 8.78 Å². The smallest absolute Gasteiger partial charge is 0.168 e. The number of rotatable bonds is 6. The maximum atomic E-state index is 13.7. The van der Waals surface area contributed by atoms with E-state index in [1.54, 1.807) is 11.3 Å². The number of pyridine rings is 1. The Morgan fingerprint density at radius 1 is 1.30 bits per heavy atom. The number of aromatic nitrogens is 1. The maximum absolute atomic E-state index is 13.7. The molecule has 0 aliphatic carbocycles. The lowest BCUT2D eigenvalue weighted by Crippen LogP contribution is -2.20. The Balaban J connectivity index is 2.09. The van der Waals surface area contributed by atoms with Crippen LogP contribution in [0.15, 0.2) is 22.9 Å². The van der Waals surface area contributed by atoms with Crippen LogP contribution in [0.4, 0.5) is 20.4 Å². The number of nitrogens with zero attached hydrogens (tertiary/aromatic N) is 1. The summed E-state index contributed by atoms with van der Waals surface area (Å²) >= 11 is 1.62. The second-order valence-corrected chi connectivity index (χ2v) is 5.34. The summed E-state index contributed by atoms with van der Waals surface area (Å²) in [6.45, 7) is 4.30. The van der Waals surface area contributed by atoms with Crippen LogP contribution in [0.5, 0.6) is 0 Å². The second kappa shape index (κ2) is 6.65. The third-order valence-corrected chi connectivity index (χ3v) is 3.51. The van der Waals surface area contributed by atoms with Crippen LogP contribution in [-0.4, -0.2) is 17.6 Å². The molecule has 0 aliphatic rings. The van der Waals surface area contributed by atoms with Gasteiger partial charge in [0, 0.05) is 18.7 Å². The molecule has 20 heavy (non-hydrogen) atoms. The van der Waals surface area contributed by atoms with E-state index in [1.165, 1.54) is 5.56 Å². The number of anilines is 2. The Hall–Kier alpha value is -1.69. The molecule has 6 heteroatoms. The van der Waals surface area contributed by atoms with Crippen molar-refractivity contribution in [1.29, 1.82) is 0 Å². The highest BCUT2D eigenvalue weighted by molar-refractivity contribution is 7.07. The van der Waals surface area contributed by atoms with Crippen molar-refractivity contribution in [2.24, 2.45) is 0 Å². The first-order chi connectivity index (χ1) is 9.60. The minimum atomic E-state index is -0.680. The molecule has 2 N–H and O–H groups in total. The third-order valence-electron chi connectivity index (χ3n) is 2.78. The molecule has 108 valence electrons. The van der Waals surface area contributed by atoms with E-state index >= 15 is 0 Å². The fraction of sp³-hybridized carbons (Fsp3) is 0.357. The van der Waals surface area contributed by atoms with Crippen molar-refractivity contribution in [1.82, 2.24) is 4.98 Å². The fourth-order valence-electron chi connectivity index (χ4n) is 1.91. The minimum Gasteiger partial charge on any atom is -0.368 e. The molecule has 0 amide bonds. The molecule has 0 fully saturated rings. The predicted molar refractivity (Wildman–Crippen MR) is 79.4 cm³/mol. The van der Waals surface area contributed by atoms with Crippen LogP contribution >= 0.6 is 11.3 Å². The predicted octanol–water partition coefficient (Wildman–Crippen LogP) is 3.90. The molecule has 0 aromatic carbocycles. The van der Waals surface area contributed by atoms with Crippen molar-refractivity contribution in [2.75, 3.05) is 17.2 Å².